The van der Waals surface area contributed by atoms with Gasteiger partial charge in [-0.2, -0.15) is 13.2 Å². The fourth-order valence-corrected chi connectivity index (χ4v) is 8.62. The number of rotatable bonds is 7. The number of carbonyl (C=O) groups is 3. The van der Waals surface area contributed by atoms with Gasteiger partial charge in [-0.15, -0.1) is 0 Å². The van der Waals surface area contributed by atoms with Gasteiger partial charge in [-0.25, -0.2) is 4.79 Å². The van der Waals surface area contributed by atoms with E-state index in [4.69, 9.17) is 11.6 Å². The highest BCUT2D eigenvalue weighted by atomic mass is 35.5. The van der Waals surface area contributed by atoms with Gasteiger partial charge in [0.05, 0.1) is 16.5 Å². The van der Waals surface area contributed by atoms with Gasteiger partial charge < -0.3 is 30.0 Å². The summed E-state index contributed by atoms with van der Waals surface area (Å²) in [4.78, 5) is 48.6. The van der Waals surface area contributed by atoms with E-state index in [0.29, 0.717) is 57.4 Å². The Morgan fingerprint density at radius 2 is 1.54 bits per heavy atom. The van der Waals surface area contributed by atoms with Gasteiger partial charge in [0.1, 0.15) is 5.75 Å². The van der Waals surface area contributed by atoms with Gasteiger partial charge in [-0.05, 0) is 113 Å². The number of nitrogens with one attached hydrogen (secondary N) is 1. The molecule has 0 radical (unpaired) electrons. The number of aromatic hydroxyl groups is 1. The second kappa shape index (κ2) is 15.4. The molecule has 0 aliphatic carbocycles. The molecule has 3 saturated heterocycles. The number of hydrogen-bond acceptors (Lipinski definition) is 5. The van der Waals surface area contributed by atoms with Crippen molar-refractivity contribution in [1.29, 1.82) is 0 Å². The van der Waals surface area contributed by atoms with Crippen molar-refractivity contribution < 1.29 is 32.7 Å². The first kappa shape index (κ1) is 36.3. The Morgan fingerprint density at radius 1 is 0.920 bits per heavy atom. The van der Waals surface area contributed by atoms with Gasteiger partial charge in [0.15, 0.2) is 0 Å². The van der Waals surface area contributed by atoms with Crippen molar-refractivity contribution in [1.82, 2.24) is 19.6 Å². The zero-order valence-corrected chi connectivity index (χ0v) is 29.3. The third kappa shape index (κ3) is 8.33. The molecule has 4 aliphatic rings. The Balaban J connectivity index is 1.12. The number of amides is 4. The number of nitrogens with zero attached hydrogens (tertiary/aromatic N) is 4. The lowest BCUT2D eigenvalue weighted by Crippen LogP contribution is -2.50. The minimum absolute atomic E-state index is 0.0448. The van der Waals surface area contributed by atoms with Crippen molar-refractivity contribution in [2.75, 3.05) is 58.2 Å². The van der Waals surface area contributed by atoms with E-state index in [9.17, 15) is 32.7 Å². The Morgan fingerprint density at radius 3 is 2.20 bits per heavy atom. The van der Waals surface area contributed by atoms with E-state index in [2.05, 4.69) is 17.3 Å². The fraction of sp³-hybridized carbons (Fsp3) is 0.595. The maximum atomic E-state index is 14.1. The second-order valence-electron chi connectivity index (χ2n) is 14.5. The highest BCUT2D eigenvalue weighted by Gasteiger charge is 2.38. The van der Waals surface area contributed by atoms with Crippen LogP contribution >= 0.6 is 11.6 Å². The number of anilines is 1. The van der Waals surface area contributed by atoms with Crippen molar-refractivity contribution in [3.8, 4) is 5.75 Å². The summed E-state index contributed by atoms with van der Waals surface area (Å²) in [5.41, 5.74) is 0.764. The van der Waals surface area contributed by atoms with Gasteiger partial charge in [0.2, 0.25) is 11.8 Å². The first-order valence-electron chi connectivity index (χ1n) is 17.9. The van der Waals surface area contributed by atoms with Gasteiger partial charge in [0.25, 0.3) is 0 Å². The quantitative estimate of drug-likeness (QED) is 0.352. The molecule has 0 aromatic heterocycles. The van der Waals surface area contributed by atoms with E-state index >= 15 is 0 Å². The highest BCUT2D eigenvalue weighted by molar-refractivity contribution is 6.32. The SMILES string of the molecule is CN1CCC(C2CCN(C(=O)[C@H](CC(=O)N3CCC(N4CCc5ccccc5NC4=O)CC3)Cc3cc(Cl)c(O)c(C(F)(F)F)c3)CC2)CC1. The van der Waals surface area contributed by atoms with Crippen molar-refractivity contribution in [2.24, 2.45) is 17.8 Å². The average Bonchev–Trinajstić information content (AvgIpc) is 3.27. The van der Waals surface area contributed by atoms with Crippen molar-refractivity contribution >= 4 is 35.1 Å². The number of phenols is 1. The molecule has 0 bridgehead atoms. The molecule has 50 heavy (non-hydrogen) atoms. The normalized spacial score (nSPS) is 21.1. The monoisotopic (exact) mass is 717 g/mol. The zero-order chi connectivity index (χ0) is 35.6. The molecule has 0 saturated carbocycles. The Kier molecular flexibility index (Phi) is 11.2. The molecule has 4 heterocycles. The maximum Gasteiger partial charge on any atom is 0.420 e. The van der Waals surface area contributed by atoms with Crippen LogP contribution in [0, 0.1) is 17.8 Å². The number of benzene rings is 2. The molecule has 2 aromatic carbocycles. The molecule has 2 N–H and O–H groups in total. The van der Waals surface area contributed by atoms with Crippen LogP contribution in [-0.4, -0.2) is 101 Å². The number of piperidine rings is 3. The number of likely N-dealkylation sites (tertiary alicyclic amines) is 3. The van der Waals surface area contributed by atoms with E-state index in [-0.39, 0.29) is 42.3 Å². The molecule has 3 fully saturated rings. The van der Waals surface area contributed by atoms with Gasteiger partial charge in [-0.1, -0.05) is 29.8 Å². The summed E-state index contributed by atoms with van der Waals surface area (Å²) < 4.78 is 41.3. The number of carbonyl (C=O) groups excluding carboxylic acids is 3. The maximum absolute atomic E-state index is 14.1. The predicted molar refractivity (Wildman–Crippen MR) is 185 cm³/mol. The van der Waals surface area contributed by atoms with Crippen LogP contribution < -0.4 is 5.32 Å². The number of urea groups is 1. The predicted octanol–water partition coefficient (Wildman–Crippen LogP) is 6.27. The van der Waals surface area contributed by atoms with Crippen LogP contribution in [0.5, 0.6) is 5.75 Å². The van der Waals surface area contributed by atoms with Crippen LogP contribution in [0.15, 0.2) is 36.4 Å². The minimum Gasteiger partial charge on any atom is -0.506 e. The molecule has 9 nitrogen and oxygen atoms in total. The lowest BCUT2D eigenvalue weighted by atomic mass is 9.78. The summed E-state index contributed by atoms with van der Waals surface area (Å²) in [6.07, 6.45) is 0.800. The van der Waals surface area contributed by atoms with E-state index in [1.165, 1.54) is 6.07 Å². The lowest BCUT2D eigenvalue weighted by Gasteiger charge is -2.40. The summed E-state index contributed by atoms with van der Waals surface area (Å²) in [7, 11) is 2.13. The highest BCUT2D eigenvalue weighted by Crippen LogP contribution is 2.41. The van der Waals surface area contributed by atoms with E-state index in [1.807, 2.05) is 29.2 Å². The van der Waals surface area contributed by atoms with Crippen molar-refractivity contribution in [2.45, 2.75) is 70.0 Å². The number of alkyl halides is 3. The van der Waals surface area contributed by atoms with Crippen LogP contribution in [0.25, 0.3) is 0 Å². The summed E-state index contributed by atoms with van der Waals surface area (Å²) in [6.45, 7) is 4.63. The lowest BCUT2D eigenvalue weighted by molar-refractivity contribution is -0.143. The second-order valence-corrected chi connectivity index (χ2v) is 14.9. The minimum atomic E-state index is -4.84. The molecule has 13 heteroatoms. The van der Waals surface area contributed by atoms with Gasteiger partial charge in [0, 0.05) is 50.9 Å². The molecular weight excluding hydrogens is 671 g/mol. The van der Waals surface area contributed by atoms with E-state index in [0.717, 1.165) is 62.5 Å². The third-order valence-corrected chi connectivity index (χ3v) is 11.7. The standard InChI is InChI=1S/C37H47ClF3N5O4/c1-43-13-6-25(7-14-43)26-8-15-45(16-9-26)35(49)28(20-24-21-30(37(39,40)41)34(48)31(38)22-24)23-33(47)44-17-11-29(12-18-44)46-19-10-27-4-2-3-5-32(27)42-36(46)50/h2-5,21-22,25-26,28-29,48H,6-20,23H2,1H3,(H,42,50)/t28-/m0/s1. The Labute approximate surface area is 296 Å². The van der Waals surface area contributed by atoms with Crippen LogP contribution in [-0.2, 0) is 28.6 Å². The fourth-order valence-electron chi connectivity index (χ4n) is 8.37. The number of para-hydroxylation sites is 1. The molecule has 272 valence electrons. The van der Waals surface area contributed by atoms with Crippen molar-refractivity contribution in [3.63, 3.8) is 0 Å². The zero-order valence-electron chi connectivity index (χ0n) is 28.6. The molecule has 2 aromatic rings. The number of hydrogen-bond donors (Lipinski definition) is 2. The molecule has 0 unspecified atom stereocenters. The van der Waals surface area contributed by atoms with Crippen LogP contribution in [0.3, 0.4) is 0 Å². The largest absolute Gasteiger partial charge is 0.506 e. The molecular formula is C37H47ClF3N5O4. The molecule has 4 aliphatic heterocycles. The molecule has 4 amide bonds. The van der Waals surface area contributed by atoms with Crippen LogP contribution in [0.4, 0.5) is 23.7 Å². The summed E-state index contributed by atoms with van der Waals surface area (Å²) in [5.74, 6) is -1.27. The average molecular weight is 718 g/mol. The molecule has 0 spiro atoms. The van der Waals surface area contributed by atoms with Gasteiger partial charge in [-0.3, -0.25) is 9.59 Å². The van der Waals surface area contributed by atoms with E-state index < -0.39 is 28.4 Å². The molecule has 6 rings (SSSR count). The van der Waals surface area contributed by atoms with Crippen molar-refractivity contribution in [3.05, 3.63) is 58.1 Å². The Hall–Kier alpha value is -3.51. The molecule has 1 atom stereocenters. The smallest absolute Gasteiger partial charge is 0.420 e. The summed E-state index contributed by atoms with van der Waals surface area (Å²) in [6, 6.07) is 9.61. The number of fused-ring (bicyclic) bond motifs is 1. The summed E-state index contributed by atoms with van der Waals surface area (Å²) >= 11 is 6.03. The summed E-state index contributed by atoms with van der Waals surface area (Å²) in [5, 5.41) is 12.6. The first-order valence-corrected chi connectivity index (χ1v) is 18.2. The topological polar surface area (TPSA) is 96.4 Å². The van der Waals surface area contributed by atoms with E-state index in [1.54, 1.807) is 9.80 Å². The number of phenolic OH excluding ortho intramolecular Hbond substituents is 1. The third-order valence-electron chi connectivity index (χ3n) is 11.4. The van der Waals surface area contributed by atoms with Crippen LogP contribution in [0.2, 0.25) is 5.02 Å². The van der Waals surface area contributed by atoms with Gasteiger partial charge >= 0.3 is 12.2 Å². The van der Waals surface area contributed by atoms with Crippen LogP contribution in [0.1, 0.15) is 61.6 Å². The first-order chi connectivity index (χ1) is 23.9. The Bertz CT molecular complexity index is 1550. The number of halogens is 4.